The summed E-state index contributed by atoms with van der Waals surface area (Å²) in [5.41, 5.74) is 5.56. The average Bonchev–Trinajstić information content (AvgIpc) is 3.36. The van der Waals surface area contributed by atoms with E-state index in [9.17, 15) is 0 Å². The quantitative estimate of drug-likeness (QED) is 0.653. The minimum Gasteiger partial charge on any atom is -0.495 e. The number of aliphatic imine (C=N–C) groups is 1. The van der Waals surface area contributed by atoms with Gasteiger partial charge in [-0.3, -0.25) is 10.4 Å². The Morgan fingerprint density at radius 3 is 2.96 bits per heavy atom. The normalized spacial score (nSPS) is 29.9. The minimum atomic E-state index is -0.173. The van der Waals surface area contributed by atoms with Gasteiger partial charge in [0, 0.05) is 13.0 Å². The fourth-order valence-corrected chi connectivity index (χ4v) is 4.59. The lowest BCUT2D eigenvalue weighted by Crippen LogP contribution is -2.29. The van der Waals surface area contributed by atoms with Gasteiger partial charge in [0.1, 0.15) is 5.76 Å². The van der Waals surface area contributed by atoms with Crippen LogP contribution in [0.2, 0.25) is 0 Å². The highest BCUT2D eigenvalue weighted by Gasteiger charge is 2.29. The fourth-order valence-electron chi connectivity index (χ4n) is 4.17. The highest BCUT2D eigenvalue weighted by molar-refractivity contribution is 9.11. The van der Waals surface area contributed by atoms with E-state index in [2.05, 4.69) is 55.4 Å². The van der Waals surface area contributed by atoms with Crippen molar-refractivity contribution in [2.75, 3.05) is 13.7 Å². The molecule has 2 aliphatic carbocycles. The molecule has 0 spiro atoms. The van der Waals surface area contributed by atoms with Crippen molar-refractivity contribution in [1.82, 2.24) is 10.3 Å². The highest BCUT2D eigenvalue weighted by atomic mass is 79.9. The zero-order valence-electron chi connectivity index (χ0n) is 16.7. The number of methoxy groups -OCH3 is 1. The number of nitrogens with zero attached hydrogens (tertiary/aromatic N) is 3. The second-order valence-corrected chi connectivity index (χ2v) is 8.98. The summed E-state index contributed by atoms with van der Waals surface area (Å²) in [6, 6.07) is 0.340. The van der Waals surface area contributed by atoms with Gasteiger partial charge >= 0.3 is 0 Å². The average molecular weight is 449 g/mol. The Kier molecular flexibility index (Phi) is 6.09. The van der Waals surface area contributed by atoms with Gasteiger partial charge in [-0.1, -0.05) is 22.0 Å². The summed E-state index contributed by atoms with van der Waals surface area (Å²) in [6.07, 6.45) is 13.6. The Labute approximate surface area is 175 Å². The van der Waals surface area contributed by atoms with Crippen molar-refractivity contribution in [1.29, 1.82) is 0 Å². The molecule has 28 heavy (non-hydrogen) atoms. The number of hydrazone groups is 1. The van der Waals surface area contributed by atoms with Crippen LogP contribution in [0.25, 0.3) is 0 Å². The van der Waals surface area contributed by atoms with Gasteiger partial charge in [0.05, 0.1) is 25.2 Å². The Hall–Kier alpha value is -1.76. The molecule has 0 amide bonds. The first-order valence-electron chi connectivity index (χ1n) is 10.2. The molecule has 1 N–H and O–H groups in total. The third-order valence-corrected chi connectivity index (χ3v) is 6.59. The van der Waals surface area contributed by atoms with Gasteiger partial charge < -0.3 is 14.4 Å². The molecule has 0 fully saturated rings. The summed E-state index contributed by atoms with van der Waals surface area (Å²) >= 11 is 3.60. The maximum atomic E-state index is 6.11. The van der Waals surface area contributed by atoms with Crippen LogP contribution in [0.3, 0.4) is 0 Å². The van der Waals surface area contributed by atoms with Crippen LogP contribution >= 0.6 is 15.9 Å². The first-order chi connectivity index (χ1) is 13.6. The number of halogens is 1. The number of ether oxygens (including phenoxy) is 2. The van der Waals surface area contributed by atoms with Crippen molar-refractivity contribution < 1.29 is 9.47 Å². The van der Waals surface area contributed by atoms with E-state index in [-0.39, 0.29) is 6.23 Å². The molecular weight excluding hydrogens is 420 g/mol. The molecule has 4 aliphatic rings. The van der Waals surface area contributed by atoms with E-state index in [0.29, 0.717) is 6.04 Å². The van der Waals surface area contributed by atoms with Crippen LogP contribution in [0.1, 0.15) is 51.9 Å². The molecule has 6 nitrogen and oxygen atoms in total. The molecule has 0 radical (unpaired) electrons. The molecule has 0 aromatic heterocycles. The summed E-state index contributed by atoms with van der Waals surface area (Å²) in [4.78, 5) is 6.67. The number of hydrogen-bond donors (Lipinski definition) is 1. The summed E-state index contributed by atoms with van der Waals surface area (Å²) in [5, 5.41) is 4.44. The van der Waals surface area contributed by atoms with Crippen LogP contribution in [0.5, 0.6) is 0 Å². The van der Waals surface area contributed by atoms with Crippen molar-refractivity contribution in [2.24, 2.45) is 16.0 Å². The summed E-state index contributed by atoms with van der Waals surface area (Å²) in [5.74, 6) is 2.46. The van der Waals surface area contributed by atoms with E-state index >= 15 is 0 Å². The molecule has 3 unspecified atom stereocenters. The maximum absolute atomic E-state index is 6.11. The van der Waals surface area contributed by atoms with E-state index in [1.807, 2.05) is 6.34 Å². The van der Waals surface area contributed by atoms with Gasteiger partial charge in [-0.2, -0.15) is 0 Å². The van der Waals surface area contributed by atoms with Crippen LogP contribution in [-0.2, 0) is 9.47 Å². The van der Waals surface area contributed by atoms with E-state index in [1.165, 1.54) is 22.2 Å². The lowest BCUT2D eigenvalue weighted by molar-refractivity contribution is 0.208. The molecule has 0 aromatic rings. The molecular formula is C21H29BrN4O2. The van der Waals surface area contributed by atoms with Crippen LogP contribution in [0, 0.1) is 5.92 Å². The van der Waals surface area contributed by atoms with Gasteiger partial charge in [0.15, 0.2) is 0 Å². The van der Waals surface area contributed by atoms with Crippen LogP contribution in [0.15, 0.2) is 43.8 Å². The zero-order chi connectivity index (χ0) is 19.5. The molecule has 4 rings (SSSR count). The molecule has 7 heteroatoms. The van der Waals surface area contributed by atoms with Gasteiger partial charge in [0.25, 0.3) is 0 Å². The number of nitrogens with one attached hydrogen (secondary N) is 1. The lowest BCUT2D eigenvalue weighted by Gasteiger charge is -2.27. The number of rotatable bonds is 6. The van der Waals surface area contributed by atoms with Crippen LogP contribution in [-0.4, -0.2) is 43.1 Å². The summed E-state index contributed by atoms with van der Waals surface area (Å²) in [7, 11) is 1.73. The predicted octanol–water partition coefficient (Wildman–Crippen LogP) is 4.42. The lowest BCUT2D eigenvalue weighted by atomic mass is 9.90. The molecule has 152 valence electrons. The molecule has 2 heterocycles. The fraction of sp³-hybridized carbons (Fsp3) is 0.619. The largest absolute Gasteiger partial charge is 0.495 e. The van der Waals surface area contributed by atoms with Gasteiger partial charge in [-0.05, 0) is 67.5 Å². The Morgan fingerprint density at radius 2 is 2.25 bits per heavy atom. The summed E-state index contributed by atoms with van der Waals surface area (Å²) in [6.45, 7) is 3.05. The zero-order valence-corrected chi connectivity index (χ0v) is 18.2. The third-order valence-electron chi connectivity index (χ3n) is 5.87. The monoisotopic (exact) mass is 448 g/mol. The topological polar surface area (TPSA) is 58.5 Å². The highest BCUT2D eigenvalue weighted by Crippen LogP contribution is 2.32. The Bertz CT molecular complexity index is 756. The van der Waals surface area contributed by atoms with Gasteiger partial charge in [0.2, 0.25) is 12.1 Å². The van der Waals surface area contributed by atoms with E-state index in [0.717, 1.165) is 62.6 Å². The van der Waals surface area contributed by atoms with Crippen molar-refractivity contribution in [2.45, 2.75) is 64.1 Å². The van der Waals surface area contributed by atoms with Crippen molar-refractivity contribution in [3.05, 3.63) is 33.7 Å². The molecule has 0 saturated carbocycles. The smallest absolute Gasteiger partial charge is 0.208 e. The van der Waals surface area contributed by atoms with Gasteiger partial charge in [-0.15, -0.1) is 5.10 Å². The summed E-state index contributed by atoms with van der Waals surface area (Å²) < 4.78 is 13.1. The van der Waals surface area contributed by atoms with E-state index < -0.39 is 0 Å². The molecule has 0 aromatic carbocycles. The standard InChI is InChI=1S/C21H29BrN4O2/c1-14-12-26(13-23-14)18-9-6-16(11-19(18)27-2)21-25-24-20(28-21)10-5-15-3-7-17(22)8-4-15/h7,11,13-15,21,25H,3-6,8-10,12H2,1-2H3. The first kappa shape index (κ1) is 19.6. The van der Waals surface area contributed by atoms with Gasteiger partial charge in [-0.25, -0.2) is 0 Å². The molecule has 0 saturated heterocycles. The number of hydrogen-bond acceptors (Lipinski definition) is 6. The molecule has 3 atom stereocenters. The van der Waals surface area contributed by atoms with Crippen LogP contribution < -0.4 is 5.43 Å². The van der Waals surface area contributed by atoms with Crippen molar-refractivity contribution >= 4 is 28.2 Å². The SMILES string of the molecule is COC1=C(N2C=NC(C)C2)CCC(C2NN=C(CCC3CC=C(Br)CC3)O2)=C1. The van der Waals surface area contributed by atoms with Crippen molar-refractivity contribution in [3.8, 4) is 0 Å². The first-order valence-corrected chi connectivity index (χ1v) is 11.0. The molecule has 2 aliphatic heterocycles. The minimum absolute atomic E-state index is 0.173. The molecule has 0 bridgehead atoms. The predicted molar refractivity (Wildman–Crippen MR) is 115 cm³/mol. The second kappa shape index (κ2) is 8.72. The van der Waals surface area contributed by atoms with E-state index in [4.69, 9.17) is 9.47 Å². The van der Waals surface area contributed by atoms with Crippen molar-refractivity contribution in [3.63, 3.8) is 0 Å². The van der Waals surface area contributed by atoms with Crippen LogP contribution in [0.4, 0.5) is 0 Å². The second-order valence-electron chi connectivity index (χ2n) is 7.96. The Morgan fingerprint density at radius 1 is 1.36 bits per heavy atom. The maximum Gasteiger partial charge on any atom is 0.208 e. The number of allylic oxidation sites excluding steroid dienone is 4. The third kappa shape index (κ3) is 4.45. The Balaban J connectivity index is 1.32. The van der Waals surface area contributed by atoms with E-state index in [1.54, 1.807) is 7.11 Å².